The third-order valence-corrected chi connectivity index (χ3v) is 5.33. The molecule has 186 valence electrons. The highest BCUT2D eigenvalue weighted by Crippen LogP contribution is 2.26. The number of carbonyl (C=O) groups is 3. The molecule has 0 aliphatic carbocycles. The van der Waals surface area contributed by atoms with Gasteiger partial charge < -0.3 is 20.3 Å². The molecule has 0 radical (unpaired) electrons. The molecule has 1 aromatic carbocycles. The number of hydrogen-bond acceptors (Lipinski definition) is 4. The molecule has 7 heteroatoms. The molecule has 0 aromatic heterocycles. The van der Waals surface area contributed by atoms with Crippen molar-refractivity contribution >= 4 is 17.9 Å². The Morgan fingerprint density at radius 3 is 1.94 bits per heavy atom. The van der Waals surface area contributed by atoms with Gasteiger partial charge in [-0.3, -0.25) is 9.59 Å². The molecular formula is C26H43N3O4. The number of rotatable bonds is 9. The summed E-state index contributed by atoms with van der Waals surface area (Å²) in [5.74, 6) is -0.696. The number of carbonyl (C=O) groups excluding carboxylic acids is 3. The van der Waals surface area contributed by atoms with Gasteiger partial charge in [-0.2, -0.15) is 0 Å². The largest absolute Gasteiger partial charge is 0.444 e. The van der Waals surface area contributed by atoms with Gasteiger partial charge in [-0.15, -0.1) is 0 Å². The van der Waals surface area contributed by atoms with Crippen LogP contribution < -0.4 is 10.6 Å². The molecule has 3 atom stereocenters. The molecule has 0 heterocycles. The summed E-state index contributed by atoms with van der Waals surface area (Å²) in [5.41, 5.74) is 2.10. The maximum absolute atomic E-state index is 13.8. The summed E-state index contributed by atoms with van der Waals surface area (Å²) in [6, 6.07) is 4.20. The number of aryl methyl sites for hydroxylation is 2. The molecule has 2 N–H and O–H groups in total. The van der Waals surface area contributed by atoms with E-state index in [1.807, 2.05) is 66.7 Å². The summed E-state index contributed by atoms with van der Waals surface area (Å²) in [7, 11) is 0. The second kappa shape index (κ2) is 12.1. The van der Waals surface area contributed by atoms with Crippen molar-refractivity contribution in [3.63, 3.8) is 0 Å². The fraction of sp³-hybridized carbons (Fsp3) is 0.654. The van der Waals surface area contributed by atoms with E-state index in [1.54, 1.807) is 25.7 Å². The Kier molecular flexibility index (Phi) is 10.4. The first-order valence-corrected chi connectivity index (χ1v) is 11.9. The minimum atomic E-state index is -0.815. The fourth-order valence-electron chi connectivity index (χ4n) is 3.77. The van der Waals surface area contributed by atoms with Gasteiger partial charge in [-0.25, -0.2) is 4.79 Å². The van der Waals surface area contributed by atoms with E-state index in [2.05, 4.69) is 10.6 Å². The molecule has 0 saturated heterocycles. The number of nitrogens with one attached hydrogen (secondary N) is 2. The standard InChI is InChI=1S/C26H43N3O4/c1-11-19(7)21(28-25(32)33-26(8,9)10)24(31)29(12-2)22(23(30)27-16(3)4)20-14-17(5)13-18(6)15-20/h13-16,19,21-22H,11-12H2,1-10H3,(H,27,30)(H,28,32). The second-order valence-electron chi connectivity index (χ2n) is 10.1. The maximum Gasteiger partial charge on any atom is 0.408 e. The highest BCUT2D eigenvalue weighted by atomic mass is 16.6. The first-order valence-electron chi connectivity index (χ1n) is 11.9. The van der Waals surface area contributed by atoms with Crippen LogP contribution in [0.4, 0.5) is 4.79 Å². The second-order valence-corrected chi connectivity index (χ2v) is 10.1. The molecule has 0 saturated carbocycles. The van der Waals surface area contributed by atoms with Crippen molar-refractivity contribution in [3.05, 3.63) is 34.9 Å². The number of likely N-dealkylation sites (N-methyl/N-ethyl adjacent to an activating group) is 1. The van der Waals surface area contributed by atoms with Crippen LogP contribution in [0, 0.1) is 19.8 Å². The summed E-state index contributed by atoms with van der Waals surface area (Å²) in [6.07, 6.45) is 0.0303. The number of alkyl carbamates (subject to hydrolysis) is 1. The van der Waals surface area contributed by atoms with Crippen LogP contribution in [-0.2, 0) is 14.3 Å². The predicted octanol–water partition coefficient (Wildman–Crippen LogP) is 4.66. The average Bonchev–Trinajstić information content (AvgIpc) is 2.66. The van der Waals surface area contributed by atoms with Crippen LogP contribution in [0.25, 0.3) is 0 Å². The lowest BCUT2D eigenvalue weighted by Gasteiger charge is -2.36. The molecule has 7 nitrogen and oxygen atoms in total. The van der Waals surface area contributed by atoms with E-state index in [0.717, 1.165) is 16.7 Å². The van der Waals surface area contributed by atoms with Crippen LogP contribution in [-0.4, -0.2) is 47.0 Å². The van der Waals surface area contributed by atoms with Gasteiger partial charge in [0.25, 0.3) is 0 Å². The number of nitrogens with zero attached hydrogens (tertiary/aromatic N) is 1. The molecule has 3 unspecified atom stereocenters. The van der Waals surface area contributed by atoms with Crippen LogP contribution in [0.2, 0.25) is 0 Å². The van der Waals surface area contributed by atoms with Crippen LogP contribution in [0.3, 0.4) is 0 Å². The average molecular weight is 462 g/mol. The van der Waals surface area contributed by atoms with Crippen molar-refractivity contribution in [1.82, 2.24) is 15.5 Å². The summed E-state index contributed by atoms with van der Waals surface area (Å²) < 4.78 is 5.40. The molecule has 3 amide bonds. The first kappa shape index (κ1) is 28.5. The van der Waals surface area contributed by atoms with E-state index in [9.17, 15) is 14.4 Å². The maximum atomic E-state index is 13.8. The Labute approximate surface area is 199 Å². The van der Waals surface area contributed by atoms with Gasteiger partial charge in [0.05, 0.1) is 0 Å². The molecule has 0 spiro atoms. The van der Waals surface area contributed by atoms with E-state index >= 15 is 0 Å². The smallest absolute Gasteiger partial charge is 0.408 e. The van der Waals surface area contributed by atoms with Crippen molar-refractivity contribution in [1.29, 1.82) is 0 Å². The summed E-state index contributed by atoms with van der Waals surface area (Å²) in [5, 5.41) is 5.72. The zero-order valence-electron chi connectivity index (χ0n) is 22.0. The number of hydrogen-bond donors (Lipinski definition) is 2. The van der Waals surface area contributed by atoms with Crippen molar-refractivity contribution in [2.45, 2.75) is 99.4 Å². The van der Waals surface area contributed by atoms with E-state index in [0.29, 0.717) is 13.0 Å². The molecule has 0 aliphatic rings. The molecular weight excluding hydrogens is 418 g/mol. The monoisotopic (exact) mass is 461 g/mol. The molecule has 1 rings (SSSR count). The van der Waals surface area contributed by atoms with Crippen molar-refractivity contribution in [2.75, 3.05) is 6.54 Å². The van der Waals surface area contributed by atoms with Crippen molar-refractivity contribution in [2.24, 2.45) is 5.92 Å². The van der Waals surface area contributed by atoms with Gasteiger partial charge in [0, 0.05) is 12.6 Å². The van der Waals surface area contributed by atoms with E-state index < -0.39 is 23.8 Å². The highest BCUT2D eigenvalue weighted by Gasteiger charge is 2.37. The van der Waals surface area contributed by atoms with Gasteiger partial charge in [-0.1, -0.05) is 49.6 Å². The minimum absolute atomic E-state index is 0.0787. The van der Waals surface area contributed by atoms with Crippen LogP contribution in [0.1, 0.15) is 84.5 Å². The zero-order chi connectivity index (χ0) is 25.5. The van der Waals surface area contributed by atoms with Crippen molar-refractivity contribution < 1.29 is 19.1 Å². The molecule has 0 fully saturated rings. The fourth-order valence-corrected chi connectivity index (χ4v) is 3.77. The first-order chi connectivity index (χ1) is 15.2. The molecule has 1 aromatic rings. The van der Waals surface area contributed by atoms with Gasteiger partial charge >= 0.3 is 6.09 Å². The van der Waals surface area contributed by atoms with E-state index in [4.69, 9.17) is 4.74 Å². The topological polar surface area (TPSA) is 87.7 Å². The Balaban J connectivity index is 3.44. The van der Waals surface area contributed by atoms with Crippen LogP contribution >= 0.6 is 0 Å². The zero-order valence-corrected chi connectivity index (χ0v) is 22.0. The molecule has 0 aliphatic heterocycles. The lowest BCUT2D eigenvalue weighted by atomic mass is 9.94. The highest BCUT2D eigenvalue weighted by molar-refractivity contribution is 5.92. The van der Waals surface area contributed by atoms with Crippen LogP contribution in [0.5, 0.6) is 0 Å². The van der Waals surface area contributed by atoms with E-state index in [-0.39, 0.29) is 23.8 Å². The quantitative estimate of drug-likeness (QED) is 0.560. The SMILES string of the molecule is CCC(C)C(NC(=O)OC(C)(C)C)C(=O)N(CC)C(C(=O)NC(C)C)c1cc(C)cc(C)c1. The Bertz CT molecular complexity index is 809. The van der Waals surface area contributed by atoms with Gasteiger partial charge in [0.2, 0.25) is 11.8 Å². The third-order valence-electron chi connectivity index (χ3n) is 5.33. The summed E-state index contributed by atoms with van der Waals surface area (Å²) in [6.45, 7) is 19.1. The summed E-state index contributed by atoms with van der Waals surface area (Å²) in [4.78, 5) is 41.2. The van der Waals surface area contributed by atoms with Crippen molar-refractivity contribution in [3.8, 4) is 0 Å². The van der Waals surface area contributed by atoms with E-state index in [1.165, 1.54) is 0 Å². The molecule has 0 bridgehead atoms. The predicted molar refractivity (Wildman–Crippen MR) is 132 cm³/mol. The van der Waals surface area contributed by atoms with Gasteiger partial charge in [-0.05, 0) is 66.9 Å². The third kappa shape index (κ3) is 8.71. The number of benzene rings is 1. The molecule has 33 heavy (non-hydrogen) atoms. The number of ether oxygens (including phenoxy) is 1. The van der Waals surface area contributed by atoms with Gasteiger partial charge in [0.15, 0.2) is 0 Å². The normalized spacial score (nSPS) is 14.3. The van der Waals surface area contributed by atoms with Gasteiger partial charge in [0.1, 0.15) is 17.7 Å². The minimum Gasteiger partial charge on any atom is -0.444 e. The lowest BCUT2D eigenvalue weighted by Crippen LogP contribution is -2.55. The van der Waals surface area contributed by atoms with Crippen LogP contribution in [0.15, 0.2) is 18.2 Å². The Hall–Kier alpha value is -2.57. The lowest BCUT2D eigenvalue weighted by molar-refractivity contribution is -0.143. The summed E-state index contributed by atoms with van der Waals surface area (Å²) >= 11 is 0. The Morgan fingerprint density at radius 1 is 0.970 bits per heavy atom. The Morgan fingerprint density at radius 2 is 1.52 bits per heavy atom. The number of amides is 3.